The van der Waals surface area contributed by atoms with Gasteiger partial charge in [0, 0.05) is 13.1 Å². The average molecular weight is 315 g/mol. The van der Waals surface area contributed by atoms with E-state index in [4.69, 9.17) is 9.47 Å². The highest BCUT2D eigenvalue weighted by molar-refractivity contribution is 5.28. The molecule has 23 heavy (non-hydrogen) atoms. The number of methoxy groups -OCH3 is 1. The van der Waals surface area contributed by atoms with Crippen LogP contribution >= 0.6 is 0 Å². The zero-order chi connectivity index (χ0) is 16.7. The molecule has 2 aromatic rings. The number of nitrogens with zero attached hydrogens (tertiary/aromatic N) is 1. The van der Waals surface area contributed by atoms with Gasteiger partial charge in [-0.25, -0.2) is 0 Å². The highest BCUT2D eigenvalue weighted by Crippen LogP contribution is 2.14. The van der Waals surface area contributed by atoms with E-state index in [1.54, 1.807) is 7.11 Å². The minimum atomic E-state index is -0.535. The van der Waals surface area contributed by atoms with Crippen molar-refractivity contribution in [3.8, 4) is 11.5 Å². The number of ether oxygens (including phenoxy) is 2. The molecule has 0 aliphatic rings. The van der Waals surface area contributed by atoms with Crippen LogP contribution in [0, 0.1) is 6.92 Å². The van der Waals surface area contributed by atoms with Gasteiger partial charge < -0.3 is 14.6 Å². The Labute approximate surface area is 138 Å². The largest absolute Gasteiger partial charge is 0.497 e. The van der Waals surface area contributed by atoms with Gasteiger partial charge in [0.15, 0.2) is 0 Å². The number of likely N-dealkylation sites (N-methyl/N-ethyl adjacent to an activating group) is 1. The van der Waals surface area contributed by atoms with E-state index in [2.05, 4.69) is 4.90 Å². The van der Waals surface area contributed by atoms with Crippen molar-refractivity contribution >= 4 is 0 Å². The molecule has 0 heterocycles. The van der Waals surface area contributed by atoms with Gasteiger partial charge in [-0.15, -0.1) is 0 Å². The minimum absolute atomic E-state index is 0.283. The van der Waals surface area contributed by atoms with Crippen LogP contribution in [0.2, 0.25) is 0 Å². The summed E-state index contributed by atoms with van der Waals surface area (Å²) in [7, 11) is 3.64. The molecular weight excluding hydrogens is 290 g/mol. The van der Waals surface area contributed by atoms with Gasteiger partial charge in [0.1, 0.15) is 24.2 Å². The van der Waals surface area contributed by atoms with Crippen molar-refractivity contribution in [3.05, 3.63) is 59.7 Å². The van der Waals surface area contributed by atoms with E-state index in [1.807, 2.05) is 62.5 Å². The van der Waals surface area contributed by atoms with Gasteiger partial charge in [-0.1, -0.05) is 29.8 Å². The first kappa shape index (κ1) is 17.3. The molecule has 124 valence electrons. The van der Waals surface area contributed by atoms with E-state index in [-0.39, 0.29) is 6.61 Å². The first-order valence-corrected chi connectivity index (χ1v) is 7.76. The van der Waals surface area contributed by atoms with E-state index in [9.17, 15) is 5.11 Å². The predicted octanol–water partition coefficient (Wildman–Crippen LogP) is 2.88. The maximum atomic E-state index is 10.1. The van der Waals surface area contributed by atoms with Crippen LogP contribution in [0.4, 0.5) is 0 Å². The van der Waals surface area contributed by atoms with Crippen molar-refractivity contribution in [1.82, 2.24) is 4.90 Å². The van der Waals surface area contributed by atoms with Crippen LogP contribution in [0.5, 0.6) is 11.5 Å². The second kappa shape index (κ2) is 8.56. The van der Waals surface area contributed by atoms with Gasteiger partial charge in [-0.3, -0.25) is 4.90 Å². The summed E-state index contributed by atoms with van der Waals surface area (Å²) < 4.78 is 10.8. The lowest BCUT2D eigenvalue weighted by Crippen LogP contribution is -2.32. The van der Waals surface area contributed by atoms with Crippen LogP contribution in [0.15, 0.2) is 48.5 Å². The van der Waals surface area contributed by atoms with Gasteiger partial charge in [-0.05, 0) is 43.8 Å². The van der Waals surface area contributed by atoms with E-state index in [1.165, 1.54) is 5.56 Å². The lowest BCUT2D eigenvalue weighted by atomic mass is 10.2. The number of benzene rings is 2. The molecule has 0 fully saturated rings. The van der Waals surface area contributed by atoms with Crippen LogP contribution in [0.1, 0.15) is 11.1 Å². The van der Waals surface area contributed by atoms with Gasteiger partial charge in [0.2, 0.25) is 0 Å². The minimum Gasteiger partial charge on any atom is -0.497 e. The quantitative estimate of drug-likeness (QED) is 0.813. The Morgan fingerprint density at radius 2 is 1.83 bits per heavy atom. The number of aliphatic hydroxyl groups excluding tert-OH is 1. The van der Waals surface area contributed by atoms with Crippen molar-refractivity contribution in [2.75, 3.05) is 27.3 Å². The second-order valence-corrected chi connectivity index (χ2v) is 5.83. The molecule has 2 aromatic carbocycles. The first-order valence-electron chi connectivity index (χ1n) is 7.76. The third-order valence-corrected chi connectivity index (χ3v) is 3.57. The van der Waals surface area contributed by atoms with E-state index < -0.39 is 6.10 Å². The van der Waals surface area contributed by atoms with Crippen LogP contribution < -0.4 is 9.47 Å². The van der Waals surface area contributed by atoms with Crippen LogP contribution in [-0.2, 0) is 6.54 Å². The van der Waals surface area contributed by atoms with Crippen LogP contribution in [0.3, 0.4) is 0 Å². The molecule has 0 amide bonds. The zero-order valence-electron chi connectivity index (χ0n) is 14.0. The van der Waals surface area contributed by atoms with Crippen molar-refractivity contribution < 1.29 is 14.6 Å². The zero-order valence-corrected chi connectivity index (χ0v) is 14.0. The predicted molar refractivity (Wildman–Crippen MR) is 92.0 cm³/mol. The lowest BCUT2D eigenvalue weighted by molar-refractivity contribution is 0.0744. The van der Waals surface area contributed by atoms with Crippen molar-refractivity contribution in [3.63, 3.8) is 0 Å². The van der Waals surface area contributed by atoms with Crippen molar-refractivity contribution in [2.45, 2.75) is 19.6 Å². The van der Waals surface area contributed by atoms with Crippen LogP contribution in [-0.4, -0.2) is 43.4 Å². The van der Waals surface area contributed by atoms with E-state index in [0.717, 1.165) is 23.6 Å². The second-order valence-electron chi connectivity index (χ2n) is 5.83. The summed E-state index contributed by atoms with van der Waals surface area (Å²) in [5.41, 5.74) is 2.34. The standard InChI is InChI=1S/C19H25NO3/c1-15-7-9-18(10-8-15)23-14-17(21)13-20(2)12-16-5-4-6-19(11-16)22-3/h4-11,17,21H,12-14H2,1-3H3/t17-/m0/s1. The number of aliphatic hydroxyl groups is 1. The van der Waals surface area contributed by atoms with Gasteiger partial charge in [-0.2, -0.15) is 0 Å². The Morgan fingerprint density at radius 3 is 2.52 bits per heavy atom. The summed E-state index contributed by atoms with van der Waals surface area (Å²) in [6.07, 6.45) is -0.535. The molecule has 1 atom stereocenters. The topological polar surface area (TPSA) is 41.9 Å². The van der Waals surface area contributed by atoms with E-state index >= 15 is 0 Å². The maximum absolute atomic E-state index is 10.1. The molecule has 2 rings (SSSR count). The summed E-state index contributed by atoms with van der Waals surface area (Å²) in [5, 5.41) is 10.1. The Hall–Kier alpha value is -2.04. The summed E-state index contributed by atoms with van der Waals surface area (Å²) in [5.74, 6) is 1.63. The number of hydrogen-bond acceptors (Lipinski definition) is 4. The molecule has 0 aromatic heterocycles. The monoisotopic (exact) mass is 315 g/mol. The Kier molecular flexibility index (Phi) is 6.44. The molecule has 0 saturated carbocycles. The Bertz CT molecular complexity index is 598. The highest BCUT2D eigenvalue weighted by atomic mass is 16.5. The molecule has 0 aliphatic carbocycles. The number of hydrogen-bond donors (Lipinski definition) is 1. The fourth-order valence-corrected chi connectivity index (χ4v) is 2.39. The first-order chi connectivity index (χ1) is 11.1. The Balaban J connectivity index is 1.77. The SMILES string of the molecule is COc1cccc(CN(C)C[C@H](O)COc2ccc(C)cc2)c1. The summed E-state index contributed by atoms with van der Waals surface area (Å²) in [6.45, 7) is 3.61. The average Bonchev–Trinajstić information content (AvgIpc) is 2.54. The molecule has 0 spiro atoms. The molecule has 4 nitrogen and oxygen atoms in total. The third-order valence-electron chi connectivity index (χ3n) is 3.57. The molecule has 1 N–H and O–H groups in total. The van der Waals surface area contributed by atoms with Crippen molar-refractivity contribution in [2.24, 2.45) is 0 Å². The molecule has 0 aliphatic heterocycles. The molecule has 0 bridgehead atoms. The summed E-state index contributed by atoms with van der Waals surface area (Å²) in [6, 6.07) is 15.8. The smallest absolute Gasteiger partial charge is 0.119 e. The summed E-state index contributed by atoms with van der Waals surface area (Å²) in [4.78, 5) is 2.07. The van der Waals surface area contributed by atoms with Gasteiger partial charge in [0.25, 0.3) is 0 Å². The van der Waals surface area contributed by atoms with Gasteiger partial charge >= 0.3 is 0 Å². The highest BCUT2D eigenvalue weighted by Gasteiger charge is 2.10. The fraction of sp³-hybridized carbons (Fsp3) is 0.368. The maximum Gasteiger partial charge on any atom is 0.119 e. The van der Waals surface area contributed by atoms with E-state index in [0.29, 0.717) is 6.54 Å². The fourth-order valence-electron chi connectivity index (χ4n) is 2.39. The van der Waals surface area contributed by atoms with Gasteiger partial charge in [0.05, 0.1) is 7.11 Å². The van der Waals surface area contributed by atoms with Crippen molar-refractivity contribution in [1.29, 1.82) is 0 Å². The molecule has 0 radical (unpaired) electrons. The molecule has 0 unspecified atom stereocenters. The lowest BCUT2D eigenvalue weighted by Gasteiger charge is -2.21. The molecular formula is C19H25NO3. The number of rotatable bonds is 8. The summed E-state index contributed by atoms with van der Waals surface area (Å²) >= 11 is 0. The number of aryl methyl sites for hydroxylation is 1. The van der Waals surface area contributed by atoms with Crippen LogP contribution in [0.25, 0.3) is 0 Å². The Morgan fingerprint density at radius 1 is 1.09 bits per heavy atom. The molecule has 4 heteroatoms. The molecule has 0 saturated heterocycles. The normalized spacial score (nSPS) is 12.2. The third kappa shape index (κ3) is 5.93.